The average molecular weight is 583 g/mol. The van der Waals surface area contributed by atoms with E-state index in [0.717, 1.165) is 22.2 Å². The number of hydrogen-bond acceptors (Lipinski definition) is 9. The molecule has 43 heavy (non-hydrogen) atoms. The second-order valence-corrected chi connectivity index (χ2v) is 12.4. The van der Waals surface area contributed by atoms with Crippen LogP contribution in [0.25, 0.3) is 21.8 Å². The highest BCUT2D eigenvalue weighted by Gasteiger charge is 2.56. The standard InChI is InChI=1S/C31H32F2N10/c1-17-25-21(6-5-7-23(25)40-39-17)28(24-15-43(42-41-24)31(8-9-31)29(32)33)38-20-10-18(12-34)26-22(11-20)27(19(13-35)14-36-26)37-16-30(2,3)4/h5-7,10-11,14-15,28-29,38,41-42H,8-9,16H2,1-4H3,(H,36,37)(H,39,40)/t28-/m0/s1. The molecule has 2 aliphatic rings. The molecule has 220 valence electrons. The highest BCUT2D eigenvalue weighted by atomic mass is 19.3. The number of rotatable bonds is 8. The maximum atomic E-state index is 14.0. The monoisotopic (exact) mass is 582 g/mol. The van der Waals surface area contributed by atoms with E-state index in [1.54, 1.807) is 12.3 Å². The fraction of sp³-hybridized carbons (Fsp3) is 0.355. The number of aromatic amines is 1. The number of anilines is 2. The van der Waals surface area contributed by atoms with Gasteiger partial charge in [0, 0.05) is 41.1 Å². The van der Waals surface area contributed by atoms with E-state index >= 15 is 0 Å². The Morgan fingerprint density at radius 3 is 2.58 bits per heavy atom. The first kappa shape index (κ1) is 28.2. The van der Waals surface area contributed by atoms with Gasteiger partial charge in [-0.15, -0.1) is 5.53 Å². The van der Waals surface area contributed by atoms with Crippen molar-refractivity contribution in [2.24, 2.45) is 5.41 Å². The Kier molecular flexibility index (Phi) is 6.82. The first-order valence-corrected chi connectivity index (χ1v) is 14.1. The second-order valence-electron chi connectivity index (χ2n) is 12.4. The minimum Gasteiger partial charge on any atom is -0.383 e. The zero-order valence-corrected chi connectivity index (χ0v) is 24.3. The summed E-state index contributed by atoms with van der Waals surface area (Å²) in [7, 11) is 0. The minimum absolute atomic E-state index is 0.0703. The summed E-state index contributed by atoms with van der Waals surface area (Å²) in [5, 5.41) is 37.4. The summed E-state index contributed by atoms with van der Waals surface area (Å²) in [6, 6.07) is 13.3. The lowest BCUT2D eigenvalue weighted by Gasteiger charge is -2.25. The number of halogens is 2. The second kappa shape index (κ2) is 10.4. The van der Waals surface area contributed by atoms with Crippen molar-refractivity contribution in [2.75, 3.05) is 17.2 Å². The smallest absolute Gasteiger partial charge is 0.262 e. The molecule has 0 spiro atoms. The van der Waals surface area contributed by atoms with Crippen molar-refractivity contribution in [1.29, 1.82) is 10.5 Å². The van der Waals surface area contributed by atoms with Crippen LogP contribution in [0.4, 0.5) is 20.2 Å². The van der Waals surface area contributed by atoms with Gasteiger partial charge >= 0.3 is 0 Å². The number of nitrogens with zero attached hydrogens (tertiary/aromatic N) is 5. The van der Waals surface area contributed by atoms with Crippen LogP contribution >= 0.6 is 0 Å². The lowest BCUT2D eigenvalue weighted by atomic mass is 9.96. The summed E-state index contributed by atoms with van der Waals surface area (Å²) < 4.78 is 28.0. The topological polar surface area (TPSA) is 141 Å². The van der Waals surface area contributed by atoms with Crippen LogP contribution in [0.5, 0.6) is 0 Å². The normalized spacial score (nSPS) is 16.5. The number of aromatic nitrogens is 3. The molecule has 1 aliphatic heterocycles. The van der Waals surface area contributed by atoms with Gasteiger partial charge in [0.15, 0.2) is 0 Å². The Hall–Kier alpha value is -4.94. The van der Waals surface area contributed by atoms with Crippen LogP contribution in [0.2, 0.25) is 0 Å². The van der Waals surface area contributed by atoms with Crippen LogP contribution in [0.1, 0.15) is 62.0 Å². The fourth-order valence-corrected chi connectivity index (χ4v) is 5.50. The Morgan fingerprint density at radius 2 is 1.91 bits per heavy atom. The molecule has 1 aliphatic carbocycles. The van der Waals surface area contributed by atoms with Crippen molar-refractivity contribution in [3.8, 4) is 12.1 Å². The number of H-pyrrole nitrogens is 1. The highest BCUT2D eigenvalue weighted by molar-refractivity contribution is 5.99. The Labute approximate surface area is 247 Å². The molecule has 1 fully saturated rings. The minimum atomic E-state index is -2.51. The van der Waals surface area contributed by atoms with Gasteiger partial charge in [-0.1, -0.05) is 32.9 Å². The maximum Gasteiger partial charge on any atom is 0.262 e. The number of alkyl halides is 2. The predicted molar refractivity (Wildman–Crippen MR) is 160 cm³/mol. The van der Waals surface area contributed by atoms with Crippen LogP contribution in [0, 0.1) is 35.0 Å². The largest absolute Gasteiger partial charge is 0.383 e. The van der Waals surface area contributed by atoms with Crippen LogP contribution in [0.15, 0.2) is 48.4 Å². The Bertz CT molecular complexity index is 1840. The molecule has 2 aromatic carbocycles. The first-order valence-electron chi connectivity index (χ1n) is 14.1. The molecule has 4 aromatic rings. The van der Waals surface area contributed by atoms with Crippen LogP contribution in [0.3, 0.4) is 0 Å². The molecule has 2 aromatic heterocycles. The van der Waals surface area contributed by atoms with Crippen molar-refractivity contribution in [1.82, 2.24) is 31.2 Å². The predicted octanol–water partition coefficient (Wildman–Crippen LogP) is 5.74. The molecule has 0 radical (unpaired) electrons. The Balaban J connectivity index is 1.49. The third-order valence-corrected chi connectivity index (χ3v) is 7.97. The zero-order chi connectivity index (χ0) is 30.5. The molecule has 0 unspecified atom stereocenters. The van der Waals surface area contributed by atoms with Gasteiger partial charge in [0.2, 0.25) is 0 Å². The summed E-state index contributed by atoms with van der Waals surface area (Å²) >= 11 is 0. The number of nitrogens with one attached hydrogen (secondary N) is 5. The van der Waals surface area contributed by atoms with Crippen molar-refractivity contribution in [3.05, 3.63) is 70.8 Å². The molecular weight excluding hydrogens is 550 g/mol. The van der Waals surface area contributed by atoms with Gasteiger partial charge in [0.1, 0.15) is 17.7 Å². The molecule has 12 heteroatoms. The quantitative estimate of drug-likeness (QED) is 0.176. The van der Waals surface area contributed by atoms with E-state index in [0.29, 0.717) is 58.5 Å². The molecule has 5 N–H and O–H groups in total. The van der Waals surface area contributed by atoms with Crippen LogP contribution in [-0.2, 0) is 0 Å². The molecule has 0 bridgehead atoms. The van der Waals surface area contributed by atoms with Crippen molar-refractivity contribution in [2.45, 2.75) is 58.5 Å². The van der Waals surface area contributed by atoms with Crippen LogP contribution < -0.4 is 21.6 Å². The van der Waals surface area contributed by atoms with Gasteiger partial charge in [-0.05, 0) is 48.9 Å². The first-order chi connectivity index (χ1) is 20.5. The number of benzene rings is 2. The van der Waals surface area contributed by atoms with Gasteiger partial charge in [-0.25, -0.2) is 8.78 Å². The lowest BCUT2D eigenvalue weighted by Crippen LogP contribution is -2.48. The van der Waals surface area contributed by atoms with E-state index in [4.69, 9.17) is 0 Å². The van der Waals surface area contributed by atoms with Gasteiger partial charge in [0.25, 0.3) is 6.43 Å². The number of fused-ring (bicyclic) bond motifs is 2. The van der Waals surface area contributed by atoms with E-state index in [2.05, 4.69) is 69.7 Å². The number of hydrazine groups is 2. The Morgan fingerprint density at radius 1 is 1.14 bits per heavy atom. The summed E-state index contributed by atoms with van der Waals surface area (Å²) in [5.41, 5.74) is 10.2. The van der Waals surface area contributed by atoms with E-state index in [-0.39, 0.29) is 5.41 Å². The number of pyridine rings is 1. The molecule has 1 saturated carbocycles. The average Bonchev–Trinajstić information content (AvgIpc) is 3.50. The molecular formula is C31H32F2N10. The zero-order valence-electron chi connectivity index (χ0n) is 24.3. The summed E-state index contributed by atoms with van der Waals surface area (Å²) in [5.74, 6) is 0. The summed E-state index contributed by atoms with van der Waals surface area (Å²) in [4.78, 5) is 4.45. The number of nitriles is 2. The summed E-state index contributed by atoms with van der Waals surface area (Å²) in [6.45, 7) is 8.79. The number of aryl methyl sites for hydroxylation is 1. The number of hydrogen-bond donors (Lipinski definition) is 5. The van der Waals surface area contributed by atoms with Gasteiger partial charge in [-0.3, -0.25) is 15.1 Å². The fourth-order valence-electron chi connectivity index (χ4n) is 5.50. The van der Waals surface area contributed by atoms with Crippen molar-refractivity contribution >= 4 is 33.2 Å². The summed E-state index contributed by atoms with van der Waals surface area (Å²) in [6.07, 6.45) is 1.42. The third-order valence-electron chi connectivity index (χ3n) is 7.97. The highest BCUT2D eigenvalue weighted by Crippen LogP contribution is 2.47. The van der Waals surface area contributed by atoms with Crippen molar-refractivity contribution < 1.29 is 8.78 Å². The van der Waals surface area contributed by atoms with Crippen LogP contribution in [-0.4, -0.2) is 38.7 Å². The maximum absolute atomic E-state index is 14.0. The van der Waals surface area contributed by atoms with Gasteiger partial charge in [-0.2, -0.15) is 15.6 Å². The molecule has 0 saturated heterocycles. The molecule has 10 nitrogen and oxygen atoms in total. The van der Waals surface area contributed by atoms with Crippen molar-refractivity contribution in [3.63, 3.8) is 0 Å². The SMILES string of the molecule is Cc1[nH]nc2cccc([C@H](Nc3cc(C#N)c4ncc(C#N)c(NCC(C)(C)C)c4c3)C3=CN(C4(C(F)F)CC4)NN3)c12. The molecule has 3 heterocycles. The van der Waals surface area contributed by atoms with E-state index < -0.39 is 18.0 Å². The molecule has 0 amide bonds. The van der Waals surface area contributed by atoms with Gasteiger partial charge < -0.3 is 16.1 Å². The van der Waals surface area contributed by atoms with E-state index in [1.807, 2.05) is 31.2 Å². The lowest BCUT2D eigenvalue weighted by molar-refractivity contribution is 0.00911. The van der Waals surface area contributed by atoms with E-state index in [1.165, 1.54) is 11.2 Å². The van der Waals surface area contributed by atoms with Gasteiger partial charge in [0.05, 0.1) is 39.6 Å². The third kappa shape index (κ3) is 5.04. The van der Waals surface area contributed by atoms with E-state index in [9.17, 15) is 19.3 Å². The molecule has 6 rings (SSSR count). The molecule has 1 atom stereocenters.